The van der Waals surface area contributed by atoms with E-state index in [4.69, 9.17) is 4.99 Å². The summed E-state index contributed by atoms with van der Waals surface area (Å²) in [5, 5.41) is 3.53. The quantitative estimate of drug-likeness (QED) is 0.640. The van der Waals surface area contributed by atoms with Gasteiger partial charge in [0.1, 0.15) is 0 Å². The molecule has 0 aromatic heterocycles. The van der Waals surface area contributed by atoms with Crippen molar-refractivity contribution in [1.29, 1.82) is 0 Å². The SMILES string of the molecule is CCNC(=NCC1CCCN1C)N1CCC2(CCCC2)C1. The molecule has 3 aliphatic rings. The Balaban J connectivity index is 1.61. The third-order valence-corrected chi connectivity index (χ3v) is 5.86. The lowest BCUT2D eigenvalue weighted by Crippen LogP contribution is -2.42. The predicted molar refractivity (Wildman–Crippen MR) is 88.7 cm³/mol. The van der Waals surface area contributed by atoms with Gasteiger partial charge in [0.25, 0.3) is 0 Å². The number of aliphatic imine (C=N–C) groups is 1. The number of nitrogens with zero attached hydrogens (tertiary/aromatic N) is 3. The van der Waals surface area contributed by atoms with Crippen LogP contribution in [0.1, 0.15) is 51.9 Å². The fourth-order valence-electron chi connectivity index (χ4n) is 4.48. The maximum Gasteiger partial charge on any atom is 0.193 e. The van der Waals surface area contributed by atoms with Crippen molar-refractivity contribution >= 4 is 5.96 Å². The van der Waals surface area contributed by atoms with Crippen LogP contribution in [0.5, 0.6) is 0 Å². The molecule has 1 saturated carbocycles. The molecule has 1 unspecified atom stereocenters. The normalized spacial score (nSPS) is 29.7. The Labute approximate surface area is 130 Å². The molecule has 1 N–H and O–H groups in total. The Bertz CT molecular complexity index is 373. The first-order chi connectivity index (χ1) is 10.2. The lowest BCUT2D eigenvalue weighted by Gasteiger charge is -2.26. The van der Waals surface area contributed by atoms with E-state index in [0.717, 1.165) is 13.1 Å². The van der Waals surface area contributed by atoms with Gasteiger partial charge in [-0.15, -0.1) is 0 Å². The first kappa shape index (κ1) is 15.1. The van der Waals surface area contributed by atoms with Crippen LogP contribution in [0.15, 0.2) is 4.99 Å². The van der Waals surface area contributed by atoms with Crippen LogP contribution in [0.25, 0.3) is 0 Å². The lowest BCUT2D eigenvalue weighted by atomic mass is 9.86. The number of hydrogen-bond acceptors (Lipinski definition) is 2. The van der Waals surface area contributed by atoms with Crippen LogP contribution in [0, 0.1) is 5.41 Å². The summed E-state index contributed by atoms with van der Waals surface area (Å²) in [6.45, 7) is 7.79. The Hall–Kier alpha value is -0.770. The highest BCUT2D eigenvalue weighted by atomic mass is 15.3. The van der Waals surface area contributed by atoms with Gasteiger partial charge >= 0.3 is 0 Å². The molecule has 2 saturated heterocycles. The third-order valence-electron chi connectivity index (χ3n) is 5.86. The molecule has 0 bridgehead atoms. The van der Waals surface area contributed by atoms with Crippen LogP contribution >= 0.6 is 0 Å². The van der Waals surface area contributed by atoms with Crippen molar-refractivity contribution in [2.75, 3.05) is 39.8 Å². The van der Waals surface area contributed by atoms with Crippen molar-refractivity contribution in [3.8, 4) is 0 Å². The second kappa shape index (κ2) is 6.55. The van der Waals surface area contributed by atoms with Crippen LogP contribution in [-0.2, 0) is 0 Å². The Morgan fingerprint density at radius 1 is 1.19 bits per heavy atom. The minimum atomic E-state index is 0.625. The molecule has 4 nitrogen and oxygen atoms in total. The van der Waals surface area contributed by atoms with Crippen LogP contribution in [0.3, 0.4) is 0 Å². The van der Waals surface area contributed by atoms with Gasteiger partial charge in [-0.3, -0.25) is 4.99 Å². The van der Waals surface area contributed by atoms with Crippen molar-refractivity contribution in [2.45, 2.75) is 57.9 Å². The standard InChI is InChI=1S/C17H32N4/c1-3-18-16(19-13-15-7-6-11-20(15)2)21-12-10-17(14-21)8-4-5-9-17/h15H,3-14H2,1-2H3,(H,18,19). The van der Waals surface area contributed by atoms with E-state index in [1.165, 1.54) is 70.5 Å². The first-order valence-electron chi connectivity index (χ1n) is 8.96. The van der Waals surface area contributed by atoms with E-state index in [1.54, 1.807) is 0 Å². The zero-order valence-corrected chi connectivity index (χ0v) is 13.9. The molecule has 21 heavy (non-hydrogen) atoms. The number of hydrogen-bond donors (Lipinski definition) is 1. The molecule has 0 radical (unpaired) electrons. The van der Waals surface area contributed by atoms with Crippen LogP contribution in [0.4, 0.5) is 0 Å². The molecule has 1 spiro atoms. The van der Waals surface area contributed by atoms with E-state index < -0.39 is 0 Å². The Morgan fingerprint density at radius 3 is 2.67 bits per heavy atom. The smallest absolute Gasteiger partial charge is 0.193 e. The molecular weight excluding hydrogens is 260 g/mol. The summed E-state index contributed by atoms with van der Waals surface area (Å²) in [5.74, 6) is 1.17. The molecule has 0 aromatic carbocycles. The van der Waals surface area contributed by atoms with Crippen LogP contribution in [-0.4, -0.2) is 61.6 Å². The van der Waals surface area contributed by atoms with Gasteiger partial charge in [0.05, 0.1) is 6.54 Å². The summed E-state index contributed by atoms with van der Waals surface area (Å²) < 4.78 is 0. The lowest BCUT2D eigenvalue weighted by molar-refractivity contribution is 0.305. The monoisotopic (exact) mass is 292 g/mol. The molecule has 3 rings (SSSR count). The van der Waals surface area contributed by atoms with Gasteiger partial charge in [-0.25, -0.2) is 0 Å². The molecule has 0 amide bonds. The summed E-state index contributed by atoms with van der Waals surface area (Å²) in [6, 6.07) is 0.654. The van der Waals surface area contributed by atoms with Crippen molar-refractivity contribution < 1.29 is 0 Å². The van der Waals surface area contributed by atoms with E-state index in [1.807, 2.05) is 0 Å². The average molecular weight is 292 g/mol. The first-order valence-corrected chi connectivity index (χ1v) is 8.96. The molecule has 4 heteroatoms. The maximum absolute atomic E-state index is 4.97. The summed E-state index contributed by atoms with van der Waals surface area (Å²) >= 11 is 0. The number of guanidine groups is 1. The van der Waals surface area contributed by atoms with Gasteiger partial charge in [0.2, 0.25) is 0 Å². The van der Waals surface area contributed by atoms with Crippen molar-refractivity contribution in [2.24, 2.45) is 10.4 Å². The molecular formula is C17H32N4. The van der Waals surface area contributed by atoms with Gasteiger partial charge in [-0.1, -0.05) is 12.8 Å². The summed E-state index contributed by atoms with van der Waals surface area (Å²) in [7, 11) is 2.24. The highest BCUT2D eigenvalue weighted by Gasteiger charge is 2.41. The zero-order valence-electron chi connectivity index (χ0n) is 13.9. The second-order valence-electron chi connectivity index (χ2n) is 7.35. The van der Waals surface area contributed by atoms with Crippen LogP contribution in [0.2, 0.25) is 0 Å². The number of likely N-dealkylation sites (N-methyl/N-ethyl adjacent to an activating group) is 1. The fourth-order valence-corrected chi connectivity index (χ4v) is 4.48. The highest BCUT2D eigenvalue weighted by molar-refractivity contribution is 5.80. The van der Waals surface area contributed by atoms with Crippen molar-refractivity contribution in [1.82, 2.24) is 15.1 Å². The molecule has 0 aromatic rings. The second-order valence-corrected chi connectivity index (χ2v) is 7.35. The third kappa shape index (κ3) is 3.36. The summed E-state index contributed by atoms with van der Waals surface area (Å²) in [4.78, 5) is 9.97. The minimum absolute atomic E-state index is 0.625. The van der Waals surface area contributed by atoms with Gasteiger partial charge in [-0.05, 0) is 58.0 Å². The molecule has 2 aliphatic heterocycles. The van der Waals surface area contributed by atoms with Gasteiger partial charge < -0.3 is 15.1 Å². The summed E-state index contributed by atoms with van der Waals surface area (Å²) in [6.07, 6.45) is 9.77. The van der Waals surface area contributed by atoms with E-state index in [9.17, 15) is 0 Å². The molecule has 120 valence electrons. The van der Waals surface area contributed by atoms with E-state index in [2.05, 4.69) is 29.1 Å². The van der Waals surface area contributed by atoms with Crippen LogP contribution < -0.4 is 5.32 Å². The topological polar surface area (TPSA) is 30.9 Å². The van der Waals surface area contributed by atoms with Gasteiger partial charge in [0, 0.05) is 25.7 Å². The van der Waals surface area contributed by atoms with Gasteiger partial charge in [-0.2, -0.15) is 0 Å². The van der Waals surface area contributed by atoms with E-state index >= 15 is 0 Å². The highest BCUT2D eigenvalue weighted by Crippen LogP contribution is 2.45. The molecule has 3 fully saturated rings. The van der Waals surface area contributed by atoms with Crippen molar-refractivity contribution in [3.63, 3.8) is 0 Å². The average Bonchev–Trinajstić information content (AvgIpc) is 3.19. The number of likely N-dealkylation sites (tertiary alicyclic amines) is 2. The predicted octanol–water partition coefficient (Wildman–Crippen LogP) is 2.31. The fraction of sp³-hybridized carbons (Fsp3) is 0.941. The largest absolute Gasteiger partial charge is 0.357 e. The summed E-state index contributed by atoms with van der Waals surface area (Å²) in [5.41, 5.74) is 0.625. The number of nitrogens with one attached hydrogen (secondary N) is 1. The van der Waals surface area contributed by atoms with E-state index in [-0.39, 0.29) is 0 Å². The van der Waals surface area contributed by atoms with E-state index in [0.29, 0.717) is 11.5 Å². The molecule has 2 heterocycles. The van der Waals surface area contributed by atoms with Gasteiger partial charge in [0.15, 0.2) is 5.96 Å². The number of rotatable bonds is 3. The van der Waals surface area contributed by atoms with Crippen molar-refractivity contribution in [3.05, 3.63) is 0 Å². The minimum Gasteiger partial charge on any atom is -0.357 e. The maximum atomic E-state index is 4.97. The Kier molecular flexibility index (Phi) is 4.72. The molecule has 1 aliphatic carbocycles. The molecule has 1 atom stereocenters. The zero-order chi connectivity index (χ0) is 14.7. The Morgan fingerprint density at radius 2 is 2.00 bits per heavy atom.